The molecule has 0 bridgehead atoms. The van der Waals surface area contributed by atoms with Gasteiger partial charge in [0.15, 0.2) is 23.0 Å². The van der Waals surface area contributed by atoms with Gasteiger partial charge in [0.25, 0.3) is 0 Å². The lowest BCUT2D eigenvalue weighted by Crippen LogP contribution is -2.39. The summed E-state index contributed by atoms with van der Waals surface area (Å²) >= 11 is 0. The molecule has 2 aromatic heterocycles. The Labute approximate surface area is 244 Å². The first kappa shape index (κ1) is 30.0. The third-order valence-corrected chi connectivity index (χ3v) is 8.31. The highest BCUT2D eigenvalue weighted by Crippen LogP contribution is 2.45. The van der Waals surface area contributed by atoms with E-state index in [4.69, 9.17) is 19.6 Å². The van der Waals surface area contributed by atoms with Gasteiger partial charge in [0.1, 0.15) is 0 Å². The third kappa shape index (κ3) is 7.09. The van der Waals surface area contributed by atoms with Crippen molar-refractivity contribution in [3.05, 3.63) is 48.3 Å². The Morgan fingerprint density at radius 1 is 1.26 bits per heavy atom. The topological polar surface area (TPSA) is 167 Å². The molecule has 0 amide bonds. The van der Waals surface area contributed by atoms with Gasteiger partial charge in [0.05, 0.1) is 31.8 Å². The molecule has 14 heteroatoms. The first-order valence-corrected chi connectivity index (χ1v) is 15.7. The number of nitrogens with one attached hydrogen (secondary N) is 1. The molecule has 13 nitrogen and oxygen atoms in total. The SMILES string of the molecule is CCCCc1ccc(N(OC)[C@@H](C)C(=O)OP(=O)(O)OC[C@@H]2C=C[C@H](n3cnc4c(NC5CC5)nc(N)nc43)C2)cc1. The number of hydrogen-bond donors (Lipinski definition) is 3. The lowest BCUT2D eigenvalue weighted by Gasteiger charge is -2.27. The van der Waals surface area contributed by atoms with Gasteiger partial charge in [-0.1, -0.05) is 37.6 Å². The molecule has 42 heavy (non-hydrogen) atoms. The van der Waals surface area contributed by atoms with Crippen LogP contribution in [0.25, 0.3) is 11.2 Å². The number of nitrogen functional groups attached to an aromatic ring is 1. The number of carbonyl (C=O) groups excluding carboxylic acids is 1. The Kier molecular flexibility index (Phi) is 9.12. The second-order valence-electron chi connectivity index (χ2n) is 10.8. The van der Waals surface area contributed by atoms with Gasteiger partial charge in [-0.15, -0.1) is 0 Å². The monoisotopic (exact) mass is 599 g/mol. The minimum atomic E-state index is -4.69. The van der Waals surface area contributed by atoms with Crippen LogP contribution in [0.3, 0.4) is 0 Å². The molecule has 3 aromatic rings. The molecule has 4 atom stereocenters. The fourth-order valence-corrected chi connectivity index (χ4v) is 5.77. The van der Waals surface area contributed by atoms with Crippen LogP contribution in [-0.2, 0) is 29.7 Å². The molecule has 1 aromatic carbocycles. The van der Waals surface area contributed by atoms with E-state index in [9.17, 15) is 14.3 Å². The number of unbranched alkanes of at least 4 members (excludes halogenated alkanes) is 1. The molecule has 2 aliphatic carbocycles. The van der Waals surface area contributed by atoms with Gasteiger partial charge >= 0.3 is 13.8 Å². The van der Waals surface area contributed by atoms with Gasteiger partial charge in [-0.3, -0.25) is 14.3 Å². The predicted molar refractivity (Wildman–Crippen MR) is 159 cm³/mol. The summed E-state index contributed by atoms with van der Waals surface area (Å²) in [7, 11) is -3.27. The maximum atomic E-state index is 12.8. The molecule has 5 rings (SSSR count). The molecular weight excluding hydrogens is 561 g/mol. The van der Waals surface area contributed by atoms with Crippen molar-refractivity contribution in [1.29, 1.82) is 0 Å². The Morgan fingerprint density at radius 2 is 2.02 bits per heavy atom. The number of phosphoric ester groups is 1. The van der Waals surface area contributed by atoms with Crippen LogP contribution in [0.4, 0.5) is 17.5 Å². The number of nitrogens with zero attached hydrogens (tertiary/aromatic N) is 5. The summed E-state index contributed by atoms with van der Waals surface area (Å²) in [6, 6.07) is 6.88. The van der Waals surface area contributed by atoms with Crippen LogP contribution >= 0.6 is 7.82 Å². The molecule has 0 radical (unpaired) electrons. The first-order valence-electron chi connectivity index (χ1n) is 14.3. The fourth-order valence-electron chi connectivity index (χ4n) is 4.96. The molecule has 2 aliphatic rings. The number of hydroxylamine groups is 1. The van der Waals surface area contributed by atoms with E-state index in [1.54, 1.807) is 6.33 Å². The lowest BCUT2D eigenvalue weighted by atomic mass is 10.1. The third-order valence-electron chi connectivity index (χ3n) is 7.42. The summed E-state index contributed by atoms with van der Waals surface area (Å²) in [6.45, 7) is 3.55. The number of hydrogen-bond acceptors (Lipinski definition) is 11. The van der Waals surface area contributed by atoms with Crippen molar-refractivity contribution < 1.29 is 28.1 Å². The summed E-state index contributed by atoms with van der Waals surface area (Å²) < 4.78 is 24.7. The largest absolute Gasteiger partial charge is 0.529 e. The molecule has 4 N–H and O–H groups in total. The van der Waals surface area contributed by atoms with Gasteiger partial charge in [-0.2, -0.15) is 9.97 Å². The average molecular weight is 600 g/mol. The van der Waals surface area contributed by atoms with Crippen molar-refractivity contribution in [2.75, 3.05) is 29.8 Å². The highest BCUT2D eigenvalue weighted by Gasteiger charge is 2.34. The van der Waals surface area contributed by atoms with Crippen molar-refractivity contribution in [3.63, 3.8) is 0 Å². The molecule has 226 valence electrons. The Bertz CT molecular complexity index is 1480. The van der Waals surface area contributed by atoms with Crippen molar-refractivity contribution in [3.8, 4) is 0 Å². The minimum absolute atomic E-state index is 0.115. The van der Waals surface area contributed by atoms with Crippen LogP contribution < -0.4 is 16.1 Å². The maximum Gasteiger partial charge on any atom is 0.529 e. The maximum absolute atomic E-state index is 12.8. The van der Waals surface area contributed by atoms with Gasteiger partial charge in [0.2, 0.25) is 5.95 Å². The highest BCUT2D eigenvalue weighted by molar-refractivity contribution is 7.48. The Hall–Kier alpha value is -3.51. The number of rotatable bonds is 14. The van der Waals surface area contributed by atoms with E-state index in [1.807, 2.05) is 41.0 Å². The van der Waals surface area contributed by atoms with E-state index < -0.39 is 19.8 Å². The highest BCUT2D eigenvalue weighted by atomic mass is 31.2. The lowest BCUT2D eigenvalue weighted by molar-refractivity contribution is -0.139. The molecule has 1 fully saturated rings. The van der Waals surface area contributed by atoms with Crippen molar-refractivity contribution >= 4 is 42.4 Å². The summed E-state index contributed by atoms with van der Waals surface area (Å²) in [5.74, 6) is -0.374. The second kappa shape index (κ2) is 12.8. The molecule has 1 unspecified atom stereocenters. The number of imidazole rings is 1. The van der Waals surface area contributed by atoms with Gasteiger partial charge < -0.3 is 20.1 Å². The molecule has 1 saturated carbocycles. The van der Waals surface area contributed by atoms with Gasteiger partial charge in [-0.25, -0.2) is 19.4 Å². The number of fused-ring (bicyclic) bond motifs is 1. The number of allylic oxidation sites excluding steroid dienone is 1. The first-order chi connectivity index (χ1) is 20.2. The Morgan fingerprint density at radius 3 is 2.71 bits per heavy atom. The number of aryl methyl sites for hydroxylation is 1. The standard InChI is InChI=1S/C28H38N7O6P/c1-4-5-6-19-7-12-22(13-8-19)35(39-3)18(2)27(36)41-42(37,38)40-16-20-9-14-23(15-20)34-17-30-24-25(31-21-10-11-21)32-28(29)33-26(24)34/h7-9,12-14,17-18,20-21,23H,4-6,10-11,15-16H2,1-3H3,(H,37,38)(H3,29,31,32,33)/t18-,20+,23-/m0/s1. The molecule has 0 spiro atoms. The van der Waals surface area contributed by atoms with E-state index in [0.717, 1.165) is 32.1 Å². The summed E-state index contributed by atoms with van der Waals surface area (Å²) in [4.78, 5) is 41.7. The van der Waals surface area contributed by atoms with Crippen LogP contribution in [0.2, 0.25) is 0 Å². The number of phosphoric acid groups is 1. The molecule has 2 heterocycles. The summed E-state index contributed by atoms with van der Waals surface area (Å²) in [5, 5.41) is 4.67. The van der Waals surface area contributed by atoms with Crippen molar-refractivity contribution in [2.45, 2.75) is 70.5 Å². The second-order valence-corrected chi connectivity index (χ2v) is 12.1. The number of aromatic nitrogens is 4. The van der Waals surface area contributed by atoms with Gasteiger partial charge in [-0.05, 0) is 56.7 Å². The number of nitrogens with two attached hydrogens (primary N) is 1. The predicted octanol–water partition coefficient (Wildman–Crippen LogP) is 4.56. The zero-order valence-electron chi connectivity index (χ0n) is 24.0. The van der Waals surface area contributed by atoms with E-state index in [0.29, 0.717) is 35.1 Å². The Balaban J connectivity index is 1.15. The van der Waals surface area contributed by atoms with Gasteiger partial charge in [0, 0.05) is 12.0 Å². The van der Waals surface area contributed by atoms with E-state index in [1.165, 1.54) is 24.7 Å². The van der Waals surface area contributed by atoms with E-state index >= 15 is 0 Å². The van der Waals surface area contributed by atoms with Crippen LogP contribution in [0.5, 0.6) is 0 Å². The molecule has 0 aliphatic heterocycles. The normalized spacial score (nSPS) is 20.4. The van der Waals surface area contributed by atoms with E-state index in [2.05, 4.69) is 27.2 Å². The minimum Gasteiger partial charge on any atom is -0.369 e. The van der Waals surface area contributed by atoms with Crippen LogP contribution in [0.15, 0.2) is 42.7 Å². The van der Waals surface area contributed by atoms with Crippen molar-refractivity contribution in [2.24, 2.45) is 5.92 Å². The molecule has 0 saturated heterocycles. The zero-order valence-corrected chi connectivity index (χ0v) is 24.9. The van der Waals surface area contributed by atoms with Crippen LogP contribution in [0, 0.1) is 5.92 Å². The molecular formula is C28H38N7O6P. The summed E-state index contributed by atoms with van der Waals surface area (Å²) in [6.07, 6.45) is 11.4. The average Bonchev–Trinajstić information content (AvgIpc) is 3.47. The number of benzene rings is 1. The number of anilines is 3. The smallest absolute Gasteiger partial charge is 0.369 e. The zero-order chi connectivity index (χ0) is 29.9. The van der Waals surface area contributed by atoms with Crippen molar-refractivity contribution in [1.82, 2.24) is 19.5 Å². The van der Waals surface area contributed by atoms with E-state index in [-0.39, 0.29) is 24.5 Å². The number of carbonyl (C=O) groups is 1. The quantitative estimate of drug-likeness (QED) is 0.134. The fraction of sp³-hybridized carbons (Fsp3) is 0.500. The summed E-state index contributed by atoms with van der Waals surface area (Å²) in [5.41, 5.74) is 9.01. The van der Waals surface area contributed by atoms with Crippen LogP contribution in [-0.4, -0.2) is 56.2 Å². The van der Waals surface area contributed by atoms with Crippen LogP contribution in [0.1, 0.15) is 57.6 Å².